The molecule has 0 aliphatic carbocycles. The van der Waals surface area contributed by atoms with Gasteiger partial charge in [-0.15, -0.1) is 0 Å². The van der Waals surface area contributed by atoms with Crippen molar-refractivity contribution in [2.75, 3.05) is 13.2 Å². The fraction of sp³-hybridized carbons (Fsp3) is 1.00. The molecular formula is C8H17NO3. The van der Waals surface area contributed by atoms with E-state index in [9.17, 15) is 10.1 Å². The second kappa shape index (κ2) is 5.94. The molecule has 0 saturated carbocycles. The zero-order valence-electron chi connectivity index (χ0n) is 7.69. The highest BCUT2D eigenvalue weighted by atomic mass is 16.6. The Balaban J connectivity index is 3.60. The first-order valence-corrected chi connectivity index (χ1v) is 4.29. The monoisotopic (exact) mass is 175 g/mol. The Hall–Kier alpha value is -0.640. The number of nitro groups is 1. The molecule has 0 heterocycles. The lowest BCUT2D eigenvalue weighted by atomic mass is 9.95. The molecule has 4 heteroatoms. The van der Waals surface area contributed by atoms with Gasteiger partial charge in [0, 0.05) is 18.0 Å². The first-order chi connectivity index (χ1) is 5.56. The first kappa shape index (κ1) is 11.4. The van der Waals surface area contributed by atoms with Crippen LogP contribution in [0.4, 0.5) is 0 Å². The van der Waals surface area contributed by atoms with Gasteiger partial charge in [0.05, 0.1) is 0 Å². The molecule has 0 aromatic rings. The minimum atomic E-state index is -0.330. The summed E-state index contributed by atoms with van der Waals surface area (Å²) in [4.78, 5) is 9.70. The minimum Gasteiger partial charge on any atom is -0.396 e. The van der Waals surface area contributed by atoms with E-state index in [1.807, 2.05) is 0 Å². The van der Waals surface area contributed by atoms with Crippen molar-refractivity contribution >= 4 is 0 Å². The Morgan fingerprint density at radius 1 is 1.50 bits per heavy atom. The van der Waals surface area contributed by atoms with Crippen LogP contribution >= 0.6 is 0 Å². The predicted octanol–water partition coefficient (Wildman–Crippen LogP) is 1.31. The van der Waals surface area contributed by atoms with Crippen LogP contribution < -0.4 is 0 Å². The van der Waals surface area contributed by atoms with Crippen LogP contribution in [-0.2, 0) is 0 Å². The Labute approximate surface area is 72.7 Å². The smallest absolute Gasteiger partial charge is 0.204 e. The molecule has 0 aliphatic heterocycles. The van der Waals surface area contributed by atoms with Gasteiger partial charge in [-0.1, -0.05) is 13.8 Å². The molecule has 72 valence electrons. The van der Waals surface area contributed by atoms with E-state index in [0.29, 0.717) is 12.3 Å². The van der Waals surface area contributed by atoms with Gasteiger partial charge in [0.2, 0.25) is 6.54 Å². The number of nitrogens with zero attached hydrogens (tertiary/aromatic N) is 1. The van der Waals surface area contributed by atoms with Gasteiger partial charge in [-0.25, -0.2) is 0 Å². The minimum absolute atomic E-state index is 0.0298. The molecule has 0 rings (SSSR count). The number of hydrogen-bond donors (Lipinski definition) is 1. The summed E-state index contributed by atoms with van der Waals surface area (Å²) in [6.07, 6.45) is 1.35. The van der Waals surface area contributed by atoms with E-state index >= 15 is 0 Å². The van der Waals surface area contributed by atoms with Gasteiger partial charge in [0.25, 0.3) is 0 Å². The van der Waals surface area contributed by atoms with Crippen molar-refractivity contribution in [3.05, 3.63) is 10.1 Å². The molecule has 0 aromatic heterocycles. The van der Waals surface area contributed by atoms with E-state index in [1.165, 1.54) is 0 Å². The van der Waals surface area contributed by atoms with Crippen molar-refractivity contribution < 1.29 is 10.0 Å². The highest BCUT2D eigenvalue weighted by Crippen LogP contribution is 2.14. The second-order valence-corrected chi connectivity index (χ2v) is 3.52. The van der Waals surface area contributed by atoms with Crippen LogP contribution in [0.1, 0.15) is 26.7 Å². The third-order valence-electron chi connectivity index (χ3n) is 1.78. The highest BCUT2D eigenvalue weighted by molar-refractivity contribution is 4.59. The lowest BCUT2D eigenvalue weighted by molar-refractivity contribution is -0.481. The Morgan fingerprint density at radius 3 is 2.42 bits per heavy atom. The van der Waals surface area contributed by atoms with Gasteiger partial charge in [-0.05, 0) is 18.3 Å². The van der Waals surface area contributed by atoms with Crippen LogP contribution in [0.15, 0.2) is 0 Å². The largest absolute Gasteiger partial charge is 0.396 e. The van der Waals surface area contributed by atoms with Gasteiger partial charge in [0.1, 0.15) is 0 Å². The third kappa shape index (κ3) is 6.09. The lowest BCUT2D eigenvalue weighted by Crippen LogP contribution is -2.14. The highest BCUT2D eigenvalue weighted by Gasteiger charge is 2.12. The molecular weight excluding hydrogens is 158 g/mol. The molecule has 0 aliphatic rings. The fourth-order valence-electron chi connectivity index (χ4n) is 1.24. The van der Waals surface area contributed by atoms with Gasteiger partial charge < -0.3 is 5.11 Å². The summed E-state index contributed by atoms with van der Waals surface area (Å²) in [6.45, 7) is 4.13. The van der Waals surface area contributed by atoms with Crippen LogP contribution in [-0.4, -0.2) is 23.2 Å². The Kier molecular flexibility index (Phi) is 5.62. The summed E-state index contributed by atoms with van der Waals surface area (Å²) in [5.41, 5.74) is 0. The number of aliphatic hydroxyl groups excluding tert-OH is 1. The quantitative estimate of drug-likeness (QED) is 0.489. The zero-order chi connectivity index (χ0) is 9.56. The van der Waals surface area contributed by atoms with E-state index in [1.54, 1.807) is 0 Å². The third-order valence-corrected chi connectivity index (χ3v) is 1.78. The molecule has 4 nitrogen and oxygen atoms in total. The summed E-state index contributed by atoms with van der Waals surface area (Å²) in [5, 5.41) is 18.9. The van der Waals surface area contributed by atoms with Crippen LogP contribution in [0.25, 0.3) is 0 Å². The van der Waals surface area contributed by atoms with Crippen molar-refractivity contribution in [3.63, 3.8) is 0 Å². The molecule has 0 amide bonds. The molecule has 12 heavy (non-hydrogen) atoms. The maximum atomic E-state index is 10.0. The van der Waals surface area contributed by atoms with E-state index in [2.05, 4.69) is 13.8 Å². The molecule has 0 radical (unpaired) electrons. The fourth-order valence-corrected chi connectivity index (χ4v) is 1.24. The van der Waals surface area contributed by atoms with E-state index in [0.717, 1.165) is 6.42 Å². The van der Waals surface area contributed by atoms with Crippen LogP contribution in [0.2, 0.25) is 0 Å². The topological polar surface area (TPSA) is 63.4 Å². The average molecular weight is 175 g/mol. The van der Waals surface area contributed by atoms with Crippen molar-refractivity contribution in [2.45, 2.75) is 26.7 Å². The SMILES string of the molecule is CC(C)C[C@@H](CO)CC[N+](=O)[O-]. The van der Waals surface area contributed by atoms with Crippen molar-refractivity contribution in [3.8, 4) is 0 Å². The number of aliphatic hydroxyl groups is 1. The summed E-state index contributed by atoms with van der Waals surface area (Å²) in [7, 11) is 0. The van der Waals surface area contributed by atoms with E-state index in [-0.39, 0.29) is 24.0 Å². The summed E-state index contributed by atoms with van der Waals surface area (Å²) in [5.74, 6) is 0.587. The molecule has 1 N–H and O–H groups in total. The summed E-state index contributed by atoms with van der Waals surface area (Å²) < 4.78 is 0. The van der Waals surface area contributed by atoms with Gasteiger partial charge in [0.15, 0.2) is 0 Å². The van der Waals surface area contributed by atoms with Gasteiger partial charge in [-0.2, -0.15) is 0 Å². The normalized spacial score (nSPS) is 13.3. The zero-order valence-corrected chi connectivity index (χ0v) is 7.69. The first-order valence-electron chi connectivity index (χ1n) is 4.29. The average Bonchev–Trinajstić information content (AvgIpc) is 1.97. The van der Waals surface area contributed by atoms with Crippen LogP contribution in [0.5, 0.6) is 0 Å². The maximum Gasteiger partial charge on any atom is 0.204 e. The van der Waals surface area contributed by atoms with E-state index in [4.69, 9.17) is 5.11 Å². The molecule has 0 aromatic carbocycles. The second-order valence-electron chi connectivity index (χ2n) is 3.52. The van der Waals surface area contributed by atoms with Gasteiger partial charge in [-0.3, -0.25) is 10.1 Å². The van der Waals surface area contributed by atoms with Crippen molar-refractivity contribution in [1.82, 2.24) is 0 Å². The van der Waals surface area contributed by atoms with Crippen LogP contribution in [0, 0.1) is 22.0 Å². The maximum absolute atomic E-state index is 10.0. The van der Waals surface area contributed by atoms with Crippen molar-refractivity contribution in [2.24, 2.45) is 11.8 Å². The Morgan fingerprint density at radius 2 is 2.08 bits per heavy atom. The standard InChI is InChI=1S/C8H17NO3/c1-7(2)5-8(6-10)3-4-9(11)12/h7-8,10H,3-6H2,1-2H3/t8-/m0/s1. The van der Waals surface area contributed by atoms with Crippen molar-refractivity contribution in [1.29, 1.82) is 0 Å². The lowest BCUT2D eigenvalue weighted by Gasteiger charge is -2.13. The van der Waals surface area contributed by atoms with Crippen LogP contribution in [0.3, 0.4) is 0 Å². The number of rotatable bonds is 6. The molecule has 1 atom stereocenters. The molecule has 0 bridgehead atoms. The number of hydrogen-bond acceptors (Lipinski definition) is 3. The van der Waals surface area contributed by atoms with Gasteiger partial charge >= 0.3 is 0 Å². The summed E-state index contributed by atoms with van der Waals surface area (Å²) in [6, 6.07) is 0. The molecule has 0 saturated heterocycles. The summed E-state index contributed by atoms with van der Waals surface area (Å²) >= 11 is 0. The van der Waals surface area contributed by atoms with E-state index < -0.39 is 0 Å². The molecule has 0 spiro atoms. The molecule has 0 fully saturated rings. The Bertz CT molecular complexity index is 136. The predicted molar refractivity (Wildman–Crippen MR) is 46.5 cm³/mol. The molecule has 0 unspecified atom stereocenters.